The van der Waals surface area contributed by atoms with E-state index in [1.54, 1.807) is 6.92 Å². The lowest BCUT2D eigenvalue weighted by Gasteiger charge is -2.23. The number of benzene rings is 2. The van der Waals surface area contributed by atoms with E-state index in [4.69, 9.17) is 11.6 Å². The Balaban J connectivity index is 2.41. The van der Waals surface area contributed by atoms with Crippen molar-refractivity contribution in [2.75, 3.05) is 10.8 Å². The van der Waals surface area contributed by atoms with Crippen LogP contribution in [-0.4, -0.2) is 21.6 Å². The normalized spacial score (nSPS) is 11.6. The van der Waals surface area contributed by atoms with E-state index in [1.807, 2.05) is 0 Å². The van der Waals surface area contributed by atoms with Crippen molar-refractivity contribution in [1.29, 1.82) is 0 Å². The lowest BCUT2D eigenvalue weighted by Crippen LogP contribution is -2.30. The SMILES string of the molecule is CCN(c1ccc(F)cc1)S(=O)(=O)c1ccc(OC(F)F)c(Cl)c1. The van der Waals surface area contributed by atoms with Crippen molar-refractivity contribution in [2.45, 2.75) is 18.4 Å². The van der Waals surface area contributed by atoms with Crippen LogP contribution in [0.3, 0.4) is 0 Å². The van der Waals surface area contributed by atoms with Gasteiger partial charge < -0.3 is 4.74 Å². The van der Waals surface area contributed by atoms with Gasteiger partial charge in [-0.3, -0.25) is 4.31 Å². The first-order valence-corrected chi connectivity index (χ1v) is 8.60. The second kappa shape index (κ2) is 7.31. The summed E-state index contributed by atoms with van der Waals surface area (Å²) in [6, 6.07) is 8.13. The van der Waals surface area contributed by atoms with E-state index in [1.165, 1.54) is 12.1 Å². The first kappa shape index (κ1) is 18.4. The number of hydrogen-bond donors (Lipinski definition) is 0. The summed E-state index contributed by atoms with van der Waals surface area (Å²) in [6.45, 7) is -1.38. The molecule has 130 valence electrons. The molecule has 2 aromatic carbocycles. The smallest absolute Gasteiger partial charge is 0.387 e. The number of ether oxygens (including phenoxy) is 1. The van der Waals surface area contributed by atoms with Gasteiger partial charge in [0, 0.05) is 6.54 Å². The Morgan fingerprint density at radius 3 is 2.29 bits per heavy atom. The van der Waals surface area contributed by atoms with Gasteiger partial charge in [-0.25, -0.2) is 12.8 Å². The van der Waals surface area contributed by atoms with Crippen LogP contribution in [0, 0.1) is 5.82 Å². The Bertz CT molecular complexity index is 813. The van der Waals surface area contributed by atoms with Crippen molar-refractivity contribution >= 4 is 27.3 Å². The molecule has 4 nitrogen and oxygen atoms in total. The zero-order valence-electron chi connectivity index (χ0n) is 12.4. The van der Waals surface area contributed by atoms with Crippen LogP contribution in [-0.2, 0) is 10.0 Å². The molecule has 2 aromatic rings. The maximum atomic E-state index is 13.0. The molecule has 0 bridgehead atoms. The average molecular weight is 380 g/mol. The third kappa shape index (κ3) is 3.93. The standard InChI is InChI=1S/C15H13ClF3NO3S/c1-2-20(11-5-3-10(17)4-6-11)24(21,22)12-7-8-14(13(16)9-12)23-15(18)19/h3-9,15H,2H2,1H3. The molecule has 0 aromatic heterocycles. The number of rotatable bonds is 6. The second-order valence-corrected chi connectivity index (χ2v) is 6.89. The van der Waals surface area contributed by atoms with Crippen LogP contribution < -0.4 is 9.04 Å². The van der Waals surface area contributed by atoms with Crippen LogP contribution in [0.2, 0.25) is 5.02 Å². The minimum absolute atomic E-state index is 0.0842. The molecule has 0 spiro atoms. The molecule has 0 fully saturated rings. The van der Waals surface area contributed by atoms with E-state index in [0.717, 1.165) is 34.6 Å². The van der Waals surface area contributed by atoms with Crippen LogP contribution >= 0.6 is 11.6 Å². The predicted octanol–water partition coefficient (Wildman–Crippen LogP) is 4.30. The van der Waals surface area contributed by atoms with E-state index in [-0.39, 0.29) is 27.9 Å². The first-order valence-electron chi connectivity index (χ1n) is 6.78. The quantitative estimate of drug-likeness (QED) is 0.752. The van der Waals surface area contributed by atoms with Crippen molar-refractivity contribution in [3.8, 4) is 5.75 Å². The molecule has 2 rings (SSSR count). The fourth-order valence-corrected chi connectivity index (χ4v) is 3.85. The molecular weight excluding hydrogens is 367 g/mol. The van der Waals surface area contributed by atoms with Crippen LogP contribution in [0.15, 0.2) is 47.4 Å². The third-order valence-corrected chi connectivity index (χ3v) is 5.30. The van der Waals surface area contributed by atoms with Gasteiger partial charge >= 0.3 is 6.61 Å². The topological polar surface area (TPSA) is 46.6 Å². The van der Waals surface area contributed by atoms with E-state index in [9.17, 15) is 21.6 Å². The van der Waals surface area contributed by atoms with Crippen molar-refractivity contribution in [3.05, 3.63) is 53.3 Å². The lowest BCUT2D eigenvalue weighted by atomic mass is 10.3. The number of anilines is 1. The van der Waals surface area contributed by atoms with Crippen molar-refractivity contribution < 1.29 is 26.3 Å². The fourth-order valence-electron chi connectivity index (χ4n) is 2.06. The van der Waals surface area contributed by atoms with Gasteiger partial charge in [0.25, 0.3) is 10.0 Å². The van der Waals surface area contributed by atoms with E-state index in [2.05, 4.69) is 4.74 Å². The first-order chi connectivity index (χ1) is 11.3. The summed E-state index contributed by atoms with van der Waals surface area (Å²) in [7, 11) is -4.00. The predicted molar refractivity (Wildman–Crippen MR) is 84.7 cm³/mol. The lowest BCUT2D eigenvalue weighted by molar-refractivity contribution is -0.0498. The van der Waals surface area contributed by atoms with E-state index >= 15 is 0 Å². The Labute approximate surface area is 142 Å². The van der Waals surface area contributed by atoms with Crippen LogP contribution in [0.4, 0.5) is 18.9 Å². The average Bonchev–Trinajstić information content (AvgIpc) is 2.51. The Morgan fingerprint density at radius 2 is 1.79 bits per heavy atom. The minimum atomic E-state index is -4.00. The van der Waals surface area contributed by atoms with Gasteiger partial charge in [0.2, 0.25) is 0 Å². The van der Waals surface area contributed by atoms with Gasteiger partial charge in [0.1, 0.15) is 11.6 Å². The van der Waals surface area contributed by atoms with Gasteiger partial charge in [0.05, 0.1) is 15.6 Å². The zero-order chi connectivity index (χ0) is 17.9. The highest BCUT2D eigenvalue weighted by Crippen LogP contribution is 2.31. The molecule has 0 aliphatic carbocycles. The van der Waals surface area contributed by atoms with Crippen LogP contribution in [0.25, 0.3) is 0 Å². The van der Waals surface area contributed by atoms with Crippen LogP contribution in [0.1, 0.15) is 6.92 Å². The summed E-state index contributed by atoms with van der Waals surface area (Å²) in [5, 5.41) is -0.258. The Hall–Kier alpha value is -1.93. The van der Waals surface area contributed by atoms with Gasteiger partial charge in [-0.05, 0) is 49.4 Å². The van der Waals surface area contributed by atoms with E-state index < -0.39 is 22.5 Å². The Kier molecular flexibility index (Phi) is 5.61. The van der Waals surface area contributed by atoms with Crippen molar-refractivity contribution in [3.63, 3.8) is 0 Å². The van der Waals surface area contributed by atoms with Gasteiger partial charge in [-0.15, -0.1) is 0 Å². The molecule has 0 heterocycles. The summed E-state index contributed by atoms with van der Waals surface area (Å²) in [5.74, 6) is -0.820. The molecule has 24 heavy (non-hydrogen) atoms. The highest BCUT2D eigenvalue weighted by molar-refractivity contribution is 7.92. The summed E-state index contributed by atoms with van der Waals surface area (Å²) in [6.07, 6.45) is 0. The minimum Gasteiger partial charge on any atom is -0.433 e. The van der Waals surface area contributed by atoms with Crippen molar-refractivity contribution in [2.24, 2.45) is 0 Å². The maximum Gasteiger partial charge on any atom is 0.387 e. The molecule has 0 aliphatic heterocycles. The molecule has 0 unspecified atom stereocenters. The van der Waals surface area contributed by atoms with E-state index in [0.29, 0.717) is 0 Å². The van der Waals surface area contributed by atoms with Gasteiger partial charge in [-0.1, -0.05) is 11.6 Å². The number of halogens is 4. The fraction of sp³-hybridized carbons (Fsp3) is 0.200. The summed E-state index contributed by atoms with van der Waals surface area (Å²) in [4.78, 5) is -0.194. The third-order valence-electron chi connectivity index (χ3n) is 3.11. The van der Waals surface area contributed by atoms with Gasteiger partial charge in [-0.2, -0.15) is 8.78 Å². The molecule has 0 aliphatic rings. The molecule has 0 atom stereocenters. The number of nitrogens with zero attached hydrogens (tertiary/aromatic N) is 1. The number of hydrogen-bond acceptors (Lipinski definition) is 3. The number of alkyl halides is 2. The molecule has 0 N–H and O–H groups in total. The molecular formula is C15H13ClF3NO3S. The van der Waals surface area contributed by atoms with Crippen LogP contribution in [0.5, 0.6) is 5.75 Å². The second-order valence-electron chi connectivity index (χ2n) is 4.62. The van der Waals surface area contributed by atoms with Crippen molar-refractivity contribution in [1.82, 2.24) is 0 Å². The zero-order valence-corrected chi connectivity index (χ0v) is 14.0. The molecule has 0 radical (unpaired) electrons. The highest BCUT2D eigenvalue weighted by atomic mass is 35.5. The highest BCUT2D eigenvalue weighted by Gasteiger charge is 2.25. The summed E-state index contributed by atoms with van der Waals surface area (Å²) < 4.78 is 68.1. The molecule has 0 amide bonds. The Morgan fingerprint density at radius 1 is 1.17 bits per heavy atom. The number of sulfonamides is 1. The molecule has 0 saturated heterocycles. The monoisotopic (exact) mass is 379 g/mol. The molecule has 9 heteroatoms. The van der Waals surface area contributed by atoms with Gasteiger partial charge in [0.15, 0.2) is 0 Å². The summed E-state index contributed by atoms with van der Waals surface area (Å²) in [5.41, 5.74) is 0.267. The summed E-state index contributed by atoms with van der Waals surface area (Å²) >= 11 is 5.80. The molecule has 0 saturated carbocycles. The largest absolute Gasteiger partial charge is 0.433 e. The maximum absolute atomic E-state index is 13.0.